The summed E-state index contributed by atoms with van der Waals surface area (Å²) in [6.45, 7) is 0. The molecule has 3 nitrogen and oxygen atoms in total. The minimum Gasteiger partial charge on any atom is -0.360 e. The zero-order valence-corrected chi connectivity index (χ0v) is 11.2. The first-order valence-corrected chi connectivity index (χ1v) is 8.05. The van der Waals surface area contributed by atoms with Crippen molar-refractivity contribution in [2.45, 2.75) is 50.6 Å². The lowest BCUT2D eigenvalue weighted by Gasteiger charge is -2.25. The predicted molar refractivity (Wildman–Crippen MR) is 72.0 cm³/mol. The summed E-state index contributed by atoms with van der Waals surface area (Å²) in [7, 11) is -0.583. The van der Waals surface area contributed by atoms with Gasteiger partial charge in [0.05, 0.1) is 0 Å². The van der Waals surface area contributed by atoms with Crippen molar-refractivity contribution in [1.29, 1.82) is 0 Å². The summed E-state index contributed by atoms with van der Waals surface area (Å²) in [6, 6.07) is 1.01. The summed E-state index contributed by atoms with van der Waals surface area (Å²) in [5.74, 6) is 1.65. The van der Waals surface area contributed by atoms with Gasteiger partial charge in [-0.05, 0) is 37.9 Å². The molecule has 0 radical (unpaired) electrons. The highest BCUT2D eigenvalue weighted by Crippen LogP contribution is 2.17. The zero-order valence-electron chi connectivity index (χ0n) is 9.54. The van der Waals surface area contributed by atoms with E-state index >= 15 is 0 Å². The Hall–Kier alpha value is -0.160. The van der Waals surface area contributed by atoms with Gasteiger partial charge in [0.25, 0.3) is 0 Å². The Morgan fingerprint density at radius 1 is 1.00 bits per heavy atom. The maximum absolute atomic E-state index is 11.2. The van der Waals surface area contributed by atoms with Crippen molar-refractivity contribution >= 4 is 28.1 Å². The number of thiocarbonyl (C=S) groups is 1. The summed E-state index contributed by atoms with van der Waals surface area (Å²) < 4.78 is 11.2. The smallest absolute Gasteiger partial charge is 0.166 e. The summed E-state index contributed by atoms with van der Waals surface area (Å²) in [5.41, 5.74) is 0. The Kier molecular flexibility index (Phi) is 4.58. The monoisotopic (exact) mass is 260 g/mol. The van der Waals surface area contributed by atoms with Crippen LogP contribution in [0.3, 0.4) is 0 Å². The molecule has 2 rings (SSSR count). The van der Waals surface area contributed by atoms with Crippen molar-refractivity contribution < 1.29 is 4.21 Å². The van der Waals surface area contributed by atoms with Crippen LogP contribution in [-0.4, -0.2) is 32.9 Å². The fourth-order valence-corrected chi connectivity index (χ4v) is 4.05. The van der Waals surface area contributed by atoms with Gasteiger partial charge in [0, 0.05) is 34.4 Å². The van der Waals surface area contributed by atoms with Gasteiger partial charge >= 0.3 is 0 Å². The highest BCUT2D eigenvalue weighted by molar-refractivity contribution is 7.85. The van der Waals surface area contributed by atoms with Crippen molar-refractivity contribution in [2.75, 3.05) is 11.5 Å². The molecule has 0 aromatic carbocycles. The van der Waals surface area contributed by atoms with Crippen LogP contribution >= 0.6 is 12.2 Å². The second kappa shape index (κ2) is 5.96. The molecule has 0 atom stereocenters. The fourth-order valence-electron chi connectivity index (χ4n) is 2.42. The molecule has 2 N–H and O–H groups in total. The van der Waals surface area contributed by atoms with Crippen LogP contribution in [0.15, 0.2) is 0 Å². The number of hydrogen-bond acceptors (Lipinski definition) is 2. The van der Waals surface area contributed by atoms with Gasteiger partial charge in [0.15, 0.2) is 5.11 Å². The summed E-state index contributed by atoms with van der Waals surface area (Å²) in [5, 5.41) is 7.53. The molecule has 1 heterocycles. The average Bonchev–Trinajstić information content (AvgIpc) is 2.74. The summed E-state index contributed by atoms with van der Waals surface area (Å²) >= 11 is 5.30. The standard InChI is InChI=1S/C11H20N2OS2/c14-16-7-5-10(6-8-16)13-11(15)12-9-3-1-2-4-9/h9-10H,1-8H2,(H2,12,13,15). The second-order valence-corrected chi connectivity index (χ2v) is 6.83. The minimum absolute atomic E-state index is 0.430. The van der Waals surface area contributed by atoms with E-state index in [0.29, 0.717) is 12.1 Å². The SMILES string of the molecule is O=S1CCC(NC(=S)NC2CCCC2)CC1. The number of hydrogen-bond donors (Lipinski definition) is 2. The van der Waals surface area contributed by atoms with E-state index in [1.165, 1.54) is 25.7 Å². The molecule has 0 bridgehead atoms. The lowest BCUT2D eigenvalue weighted by atomic mass is 10.1. The van der Waals surface area contributed by atoms with Gasteiger partial charge in [0.1, 0.15) is 0 Å². The van der Waals surface area contributed by atoms with Gasteiger partial charge in [-0.2, -0.15) is 0 Å². The largest absolute Gasteiger partial charge is 0.360 e. The number of rotatable bonds is 2. The summed E-state index contributed by atoms with van der Waals surface area (Å²) in [4.78, 5) is 0. The summed E-state index contributed by atoms with van der Waals surface area (Å²) in [6.07, 6.45) is 7.11. The van der Waals surface area contributed by atoms with Gasteiger partial charge in [-0.3, -0.25) is 4.21 Å². The normalized spacial score (nSPS) is 31.2. The second-order valence-electron chi connectivity index (χ2n) is 4.72. The molecule has 1 aliphatic carbocycles. The van der Waals surface area contributed by atoms with Crippen LogP contribution in [0.25, 0.3) is 0 Å². The first-order valence-electron chi connectivity index (χ1n) is 6.16. The van der Waals surface area contributed by atoms with Crippen molar-refractivity contribution in [3.8, 4) is 0 Å². The van der Waals surface area contributed by atoms with Crippen LogP contribution in [0, 0.1) is 0 Å². The molecule has 0 spiro atoms. The number of nitrogens with one attached hydrogen (secondary N) is 2. The zero-order chi connectivity index (χ0) is 11.4. The molecule has 0 amide bonds. The molecule has 0 unspecified atom stereocenters. The molecule has 2 fully saturated rings. The molecular weight excluding hydrogens is 240 g/mol. The maximum Gasteiger partial charge on any atom is 0.166 e. The Morgan fingerprint density at radius 2 is 1.50 bits per heavy atom. The van der Waals surface area contributed by atoms with E-state index in [9.17, 15) is 4.21 Å². The first kappa shape index (κ1) is 12.3. The molecule has 1 aliphatic heterocycles. The predicted octanol–water partition coefficient (Wildman–Crippen LogP) is 1.30. The van der Waals surface area contributed by atoms with Gasteiger partial charge in [0.2, 0.25) is 0 Å². The molecule has 2 aliphatic rings. The van der Waals surface area contributed by atoms with Crippen LogP contribution in [0.5, 0.6) is 0 Å². The third kappa shape index (κ3) is 3.70. The van der Waals surface area contributed by atoms with Crippen LogP contribution in [0.4, 0.5) is 0 Å². The lowest BCUT2D eigenvalue weighted by Crippen LogP contribution is -2.47. The molecule has 92 valence electrons. The van der Waals surface area contributed by atoms with E-state index in [4.69, 9.17) is 12.2 Å². The molecule has 16 heavy (non-hydrogen) atoms. The van der Waals surface area contributed by atoms with Gasteiger partial charge in [-0.1, -0.05) is 12.8 Å². The molecule has 1 saturated carbocycles. The highest BCUT2D eigenvalue weighted by Gasteiger charge is 2.20. The third-order valence-corrected chi connectivity index (χ3v) is 5.03. The van der Waals surface area contributed by atoms with Crippen molar-refractivity contribution in [3.05, 3.63) is 0 Å². The van der Waals surface area contributed by atoms with E-state index in [0.717, 1.165) is 29.5 Å². The van der Waals surface area contributed by atoms with E-state index < -0.39 is 10.8 Å². The molecule has 0 aromatic heterocycles. The van der Waals surface area contributed by atoms with Gasteiger partial charge in [-0.25, -0.2) is 0 Å². The highest BCUT2D eigenvalue weighted by atomic mass is 32.2. The fraction of sp³-hybridized carbons (Fsp3) is 0.909. The van der Waals surface area contributed by atoms with Crippen molar-refractivity contribution in [3.63, 3.8) is 0 Å². The van der Waals surface area contributed by atoms with Gasteiger partial charge in [-0.15, -0.1) is 0 Å². The topological polar surface area (TPSA) is 41.1 Å². The van der Waals surface area contributed by atoms with Gasteiger partial charge < -0.3 is 10.6 Å². The van der Waals surface area contributed by atoms with Crippen LogP contribution in [-0.2, 0) is 10.8 Å². The molecular formula is C11H20N2OS2. The average molecular weight is 260 g/mol. The Bertz CT molecular complexity index is 267. The van der Waals surface area contributed by atoms with Crippen LogP contribution in [0.2, 0.25) is 0 Å². The van der Waals surface area contributed by atoms with Crippen LogP contribution in [0.1, 0.15) is 38.5 Å². The molecule has 0 aromatic rings. The van der Waals surface area contributed by atoms with E-state index in [1.54, 1.807) is 0 Å². The Morgan fingerprint density at radius 3 is 2.06 bits per heavy atom. The minimum atomic E-state index is -0.583. The van der Waals surface area contributed by atoms with E-state index in [2.05, 4.69) is 10.6 Å². The van der Waals surface area contributed by atoms with E-state index in [1.807, 2.05) is 0 Å². The van der Waals surface area contributed by atoms with Crippen molar-refractivity contribution in [2.24, 2.45) is 0 Å². The molecule has 5 heteroatoms. The maximum atomic E-state index is 11.2. The third-order valence-electron chi connectivity index (χ3n) is 3.41. The first-order chi connectivity index (χ1) is 7.74. The Balaban J connectivity index is 1.68. The quantitative estimate of drug-likeness (QED) is 0.735. The van der Waals surface area contributed by atoms with Crippen LogP contribution < -0.4 is 10.6 Å². The Labute approximate surface area is 105 Å². The van der Waals surface area contributed by atoms with Crippen molar-refractivity contribution in [1.82, 2.24) is 10.6 Å². The lowest BCUT2D eigenvalue weighted by molar-refractivity contribution is 0.535. The molecule has 1 saturated heterocycles. The van der Waals surface area contributed by atoms with E-state index in [-0.39, 0.29) is 0 Å².